The molecule has 2 rings (SSSR count). The van der Waals surface area contributed by atoms with Gasteiger partial charge in [-0.1, -0.05) is 25.1 Å². The first-order chi connectivity index (χ1) is 9.72. The molecule has 2 N–H and O–H groups in total. The molecule has 1 heterocycles. The number of hydrogen-bond donors (Lipinski definition) is 2. The standard InChI is InChI=1S/C15H17N3O2/c1-3-12-10-14(18-17-12)16-15(19)9-8-11-6-4-5-7-13(11)20-2/h4-10H,3H2,1-2H3,(H2,16,17,18,19)/b9-8+. The molecule has 0 unspecified atom stereocenters. The number of aromatic amines is 1. The largest absolute Gasteiger partial charge is 0.496 e. The molecule has 1 amide bonds. The lowest BCUT2D eigenvalue weighted by atomic mass is 10.2. The van der Waals surface area contributed by atoms with Gasteiger partial charge >= 0.3 is 0 Å². The Kier molecular flexibility index (Phi) is 4.55. The van der Waals surface area contributed by atoms with Crippen molar-refractivity contribution in [3.63, 3.8) is 0 Å². The van der Waals surface area contributed by atoms with E-state index in [1.165, 1.54) is 6.08 Å². The van der Waals surface area contributed by atoms with Crippen LogP contribution in [0.25, 0.3) is 6.08 Å². The molecule has 1 aromatic heterocycles. The molecule has 0 atom stereocenters. The molecule has 5 nitrogen and oxygen atoms in total. The van der Waals surface area contributed by atoms with Crippen LogP contribution in [0.15, 0.2) is 36.4 Å². The van der Waals surface area contributed by atoms with Gasteiger partial charge in [-0.3, -0.25) is 9.89 Å². The third kappa shape index (κ3) is 3.47. The molecule has 0 aliphatic heterocycles. The van der Waals surface area contributed by atoms with Crippen LogP contribution >= 0.6 is 0 Å². The first kappa shape index (κ1) is 13.9. The van der Waals surface area contributed by atoms with Crippen LogP contribution in [0.4, 0.5) is 5.82 Å². The van der Waals surface area contributed by atoms with Crippen molar-refractivity contribution in [2.45, 2.75) is 13.3 Å². The van der Waals surface area contributed by atoms with Gasteiger partial charge in [-0.2, -0.15) is 5.10 Å². The first-order valence-corrected chi connectivity index (χ1v) is 6.39. The van der Waals surface area contributed by atoms with Crippen LogP contribution in [0.2, 0.25) is 0 Å². The molecule has 1 aromatic carbocycles. The van der Waals surface area contributed by atoms with Crippen LogP contribution in [0.1, 0.15) is 18.2 Å². The van der Waals surface area contributed by atoms with E-state index in [0.29, 0.717) is 5.82 Å². The predicted molar refractivity (Wildman–Crippen MR) is 78.6 cm³/mol. The van der Waals surface area contributed by atoms with Crippen molar-refractivity contribution in [2.75, 3.05) is 12.4 Å². The zero-order valence-electron chi connectivity index (χ0n) is 11.5. The molecule has 104 valence electrons. The predicted octanol–water partition coefficient (Wildman–Crippen LogP) is 2.63. The maximum Gasteiger partial charge on any atom is 0.249 e. The Bertz CT molecular complexity index is 617. The summed E-state index contributed by atoms with van der Waals surface area (Å²) >= 11 is 0. The average Bonchev–Trinajstić information content (AvgIpc) is 2.93. The summed E-state index contributed by atoms with van der Waals surface area (Å²) in [5.41, 5.74) is 1.83. The number of anilines is 1. The third-order valence-corrected chi connectivity index (χ3v) is 2.82. The smallest absolute Gasteiger partial charge is 0.249 e. The summed E-state index contributed by atoms with van der Waals surface area (Å²) in [5.74, 6) is 1.02. The molecule has 0 aliphatic rings. The highest BCUT2D eigenvalue weighted by Crippen LogP contribution is 2.18. The Labute approximate surface area is 117 Å². The minimum absolute atomic E-state index is 0.231. The van der Waals surface area contributed by atoms with Crippen molar-refractivity contribution < 1.29 is 9.53 Å². The van der Waals surface area contributed by atoms with E-state index in [-0.39, 0.29) is 5.91 Å². The van der Waals surface area contributed by atoms with E-state index in [4.69, 9.17) is 4.74 Å². The van der Waals surface area contributed by atoms with Gasteiger partial charge in [-0.05, 0) is 18.6 Å². The van der Waals surface area contributed by atoms with Crippen LogP contribution in [0.3, 0.4) is 0 Å². The number of nitrogens with one attached hydrogen (secondary N) is 2. The van der Waals surface area contributed by atoms with E-state index in [1.54, 1.807) is 13.2 Å². The summed E-state index contributed by atoms with van der Waals surface area (Å²) in [4.78, 5) is 11.8. The lowest BCUT2D eigenvalue weighted by molar-refractivity contribution is -0.111. The molecule has 0 aliphatic carbocycles. The highest BCUT2D eigenvalue weighted by atomic mass is 16.5. The van der Waals surface area contributed by atoms with Crippen molar-refractivity contribution in [1.82, 2.24) is 10.2 Å². The molecule has 0 radical (unpaired) electrons. The summed E-state index contributed by atoms with van der Waals surface area (Å²) in [6, 6.07) is 9.31. The van der Waals surface area contributed by atoms with Crippen molar-refractivity contribution in [3.05, 3.63) is 47.7 Å². The Hall–Kier alpha value is -2.56. The van der Waals surface area contributed by atoms with Crippen molar-refractivity contribution in [3.8, 4) is 5.75 Å². The van der Waals surface area contributed by atoms with Gasteiger partial charge in [0.25, 0.3) is 0 Å². The SMILES string of the molecule is CCc1cc(NC(=O)/C=C/c2ccccc2OC)n[nH]1. The van der Waals surface area contributed by atoms with Crippen LogP contribution < -0.4 is 10.1 Å². The monoisotopic (exact) mass is 271 g/mol. The fourth-order valence-electron chi connectivity index (χ4n) is 1.74. The number of para-hydroxylation sites is 1. The molecule has 20 heavy (non-hydrogen) atoms. The maximum absolute atomic E-state index is 11.8. The lowest BCUT2D eigenvalue weighted by Crippen LogP contribution is -2.07. The summed E-state index contributed by atoms with van der Waals surface area (Å²) in [6.45, 7) is 2.01. The number of amides is 1. The number of H-pyrrole nitrogens is 1. The van der Waals surface area contributed by atoms with Gasteiger partial charge in [0.2, 0.25) is 5.91 Å². The normalized spacial score (nSPS) is 10.7. The second kappa shape index (κ2) is 6.56. The van der Waals surface area contributed by atoms with Crippen molar-refractivity contribution >= 4 is 17.8 Å². The Morgan fingerprint density at radius 3 is 2.95 bits per heavy atom. The number of aromatic nitrogens is 2. The van der Waals surface area contributed by atoms with E-state index in [0.717, 1.165) is 23.4 Å². The van der Waals surface area contributed by atoms with E-state index in [1.807, 2.05) is 37.3 Å². The minimum atomic E-state index is -0.231. The quantitative estimate of drug-likeness (QED) is 0.821. The second-order valence-electron chi connectivity index (χ2n) is 4.20. The lowest BCUT2D eigenvalue weighted by Gasteiger charge is -2.03. The summed E-state index contributed by atoms with van der Waals surface area (Å²) in [6.07, 6.45) is 4.01. The zero-order valence-corrected chi connectivity index (χ0v) is 11.5. The van der Waals surface area contributed by atoms with Crippen LogP contribution in [0.5, 0.6) is 5.75 Å². The van der Waals surface area contributed by atoms with Crippen LogP contribution in [0, 0.1) is 0 Å². The maximum atomic E-state index is 11.8. The number of hydrogen-bond acceptors (Lipinski definition) is 3. The van der Waals surface area contributed by atoms with Gasteiger partial charge in [0.15, 0.2) is 5.82 Å². The van der Waals surface area contributed by atoms with E-state index < -0.39 is 0 Å². The molecule has 0 spiro atoms. The van der Waals surface area contributed by atoms with Gasteiger partial charge in [0.05, 0.1) is 7.11 Å². The molecule has 0 bridgehead atoms. The number of carbonyl (C=O) groups excluding carboxylic acids is 1. The van der Waals surface area contributed by atoms with Gasteiger partial charge in [0.1, 0.15) is 5.75 Å². The average molecular weight is 271 g/mol. The first-order valence-electron chi connectivity index (χ1n) is 6.39. The molecule has 5 heteroatoms. The molecule has 0 saturated heterocycles. The Balaban J connectivity index is 2.02. The molecule has 0 saturated carbocycles. The molecular weight excluding hydrogens is 254 g/mol. The van der Waals surface area contributed by atoms with Gasteiger partial charge in [0, 0.05) is 23.4 Å². The molecule has 2 aromatic rings. The van der Waals surface area contributed by atoms with E-state index >= 15 is 0 Å². The highest BCUT2D eigenvalue weighted by Gasteiger charge is 2.03. The van der Waals surface area contributed by atoms with Crippen LogP contribution in [-0.4, -0.2) is 23.2 Å². The van der Waals surface area contributed by atoms with E-state index in [9.17, 15) is 4.79 Å². The number of aryl methyl sites for hydroxylation is 1. The summed E-state index contributed by atoms with van der Waals surface area (Å²) in [5, 5.41) is 9.54. The number of ether oxygens (including phenoxy) is 1. The Morgan fingerprint density at radius 2 is 2.25 bits per heavy atom. The fourth-order valence-corrected chi connectivity index (χ4v) is 1.74. The number of benzene rings is 1. The minimum Gasteiger partial charge on any atom is -0.496 e. The van der Waals surface area contributed by atoms with Gasteiger partial charge in [-0.25, -0.2) is 0 Å². The second-order valence-corrected chi connectivity index (χ2v) is 4.20. The number of rotatable bonds is 5. The third-order valence-electron chi connectivity index (χ3n) is 2.82. The number of methoxy groups -OCH3 is 1. The van der Waals surface area contributed by atoms with Gasteiger partial charge in [-0.15, -0.1) is 0 Å². The summed E-state index contributed by atoms with van der Waals surface area (Å²) < 4.78 is 5.21. The van der Waals surface area contributed by atoms with Crippen molar-refractivity contribution in [1.29, 1.82) is 0 Å². The van der Waals surface area contributed by atoms with Crippen molar-refractivity contribution in [2.24, 2.45) is 0 Å². The van der Waals surface area contributed by atoms with Crippen LogP contribution in [-0.2, 0) is 11.2 Å². The highest BCUT2D eigenvalue weighted by molar-refractivity contribution is 6.01. The van der Waals surface area contributed by atoms with E-state index in [2.05, 4.69) is 15.5 Å². The zero-order chi connectivity index (χ0) is 14.4. The molecular formula is C15H17N3O2. The Morgan fingerprint density at radius 1 is 1.45 bits per heavy atom. The number of nitrogens with zero attached hydrogens (tertiary/aromatic N) is 1. The molecule has 0 fully saturated rings. The topological polar surface area (TPSA) is 67.0 Å². The van der Waals surface area contributed by atoms with Gasteiger partial charge < -0.3 is 10.1 Å². The summed E-state index contributed by atoms with van der Waals surface area (Å²) in [7, 11) is 1.60. The number of carbonyl (C=O) groups is 1. The fraction of sp³-hybridized carbons (Fsp3) is 0.200.